The fourth-order valence-corrected chi connectivity index (χ4v) is 9.88. The van der Waals surface area contributed by atoms with Crippen LogP contribution in [0.1, 0.15) is 97.9 Å². The highest BCUT2D eigenvalue weighted by molar-refractivity contribution is 5.46. The van der Waals surface area contributed by atoms with E-state index in [1.807, 2.05) is 189 Å². The molecule has 11 heteroatoms. The smallest absolute Gasteiger partial charge is 0.233 e. The lowest BCUT2D eigenvalue weighted by Crippen LogP contribution is -2.54. The van der Waals surface area contributed by atoms with Crippen LogP contribution in [0.2, 0.25) is 0 Å². The van der Waals surface area contributed by atoms with Gasteiger partial charge in [0.15, 0.2) is 0 Å². The first-order chi connectivity index (χ1) is 41.5. The Morgan fingerprint density at radius 3 is 0.893 bits per heavy atom. The summed E-state index contributed by atoms with van der Waals surface area (Å²) in [6.07, 6.45) is 1.38. The second-order valence-corrected chi connectivity index (χ2v) is 20.6. The molecule has 0 heterocycles. The number of benzene rings is 8. The SMILES string of the molecule is CCC(NOCc1ccccc1)[C@H](OCc1ccccc1)[C@H](OCc1ccccc1)[C@@H](CC)OCc1ccccc1.CCC([C@H](OCc1ccccc1)[C@H](OCc1ccccc1)[C@@H](CC)OCc1ccccc1)N(C=O)OCc1ccccc1. The van der Waals surface area contributed by atoms with Crippen LogP contribution in [0.4, 0.5) is 0 Å². The maximum atomic E-state index is 12.5. The van der Waals surface area contributed by atoms with E-state index in [-0.39, 0.29) is 37.1 Å². The van der Waals surface area contributed by atoms with Gasteiger partial charge in [-0.15, -0.1) is 0 Å². The molecule has 0 saturated carbocycles. The number of carbonyl (C=O) groups is 1. The molecule has 0 bridgehead atoms. The predicted octanol–water partition coefficient (Wildman–Crippen LogP) is 15.2. The Bertz CT molecular complexity index is 2900. The summed E-state index contributed by atoms with van der Waals surface area (Å²) in [5.41, 5.74) is 11.9. The van der Waals surface area contributed by atoms with Crippen LogP contribution in [-0.2, 0) is 95.7 Å². The highest BCUT2D eigenvalue weighted by atomic mass is 16.7. The zero-order chi connectivity index (χ0) is 58.7. The lowest BCUT2D eigenvalue weighted by Gasteiger charge is -2.40. The predicted molar refractivity (Wildman–Crippen MR) is 332 cm³/mol. The largest absolute Gasteiger partial charge is 0.371 e. The fraction of sp³-hybridized carbons (Fsp3) is 0.329. The summed E-state index contributed by atoms with van der Waals surface area (Å²) in [5, 5.41) is 1.39. The summed E-state index contributed by atoms with van der Waals surface area (Å²) in [4.78, 5) is 24.7. The zero-order valence-electron chi connectivity index (χ0n) is 49.4. The minimum atomic E-state index is -0.546. The topological polar surface area (TPSA) is 106 Å². The van der Waals surface area contributed by atoms with Crippen molar-refractivity contribution in [3.63, 3.8) is 0 Å². The molecule has 0 saturated heterocycles. The van der Waals surface area contributed by atoms with E-state index in [1.54, 1.807) is 0 Å². The lowest BCUT2D eigenvalue weighted by atomic mass is 9.96. The molecule has 1 amide bonds. The number of hydrogen-bond donors (Lipinski definition) is 1. The van der Waals surface area contributed by atoms with Gasteiger partial charge in [0.2, 0.25) is 6.41 Å². The van der Waals surface area contributed by atoms with Crippen molar-refractivity contribution < 1.29 is 42.9 Å². The van der Waals surface area contributed by atoms with Crippen LogP contribution in [-0.4, -0.2) is 60.2 Å². The number of amides is 1. The second-order valence-electron chi connectivity index (χ2n) is 20.6. The molecule has 442 valence electrons. The van der Waals surface area contributed by atoms with Gasteiger partial charge in [0, 0.05) is 0 Å². The van der Waals surface area contributed by atoms with Crippen LogP contribution < -0.4 is 5.48 Å². The molecular weight excluding hydrogens is 1050 g/mol. The van der Waals surface area contributed by atoms with Gasteiger partial charge in [-0.3, -0.25) is 14.5 Å². The molecule has 2 unspecified atom stereocenters. The quantitative estimate of drug-likeness (QED) is 0.0299. The van der Waals surface area contributed by atoms with Crippen LogP contribution in [0.15, 0.2) is 243 Å². The third-order valence-electron chi connectivity index (χ3n) is 14.5. The molecule has 84 heavy (non-hydrogen) atoms. The highest BCUT2D eigenvalue weighted by Crippen LogP contribution is 2.28. The Kier molecular flexibility index (Phi) is 29.1. The fourth-order valence-electron chi connectivity index (χ4n) is 9.88. The minimum absolute atomic E-state index is 0.127. The van der Waals surface area contributed by atoms with Gasteiger partial charge in [-0.05, 0) is 70.2 Å². The van der Waals surface area contributed by atoms with Crippen molar-refractivity contribution in [3.8, 4) is 0 Å². The van der Waals surface area contributed by atoms with E-state index in [0.29, 0.717) is 59.1 Å². The van der Waals surface area contributed by atoms with Crippen molar-refractivity contribution in [1.82, 2.24) is 10.5 Å². The van der Waals surface area contributed by atoms with Crippen LogP contribution >= 0.6 is 0 Å². The van der Waals surface area contributed by atoms with E-state index in [1.165, 1.54) is 5.06 Å². The summed E-state index contributed by atoms with van der Waals surface area (Å²) in [6.45, 7) is 11.7. The molecule has 0 fully saturated rings. The van der Waals surface area contributed by atoms with E-state index in [4.69, 9.17) is 38.1 Å². The third kappa shape index (κ3) is 22.1. The molecule has 0 aliphatic carbocycles. The van der Waals surface area contributed by atoms with E-state index in [2.05, 4.69) is 86.9 Å². The van der Waals surface area contributed by atoms with Crippen molar-refractivity contribution in [2.45, 2.75) is 155 Å². The van der Waals surface area contributed by atoms with Gasteiger partial charge in [0.05, 0.1) is 70.5 Å². The molecule has 8 aromatic carbocycles. The van der Waals surface area contributed by atoms with E-state index in [9.17, 15) is 4.79 Å². The zero-order valence-corrected chi connectivity index (χ0v) is 49.4. The number of hydroxylamine groups is 3. The molecule has 11 nitrogen and oxygen atoms in total. The Balaban J connectivity index is 0.000000241. The Morgan fingerprint density at radius 1 is 0.321 bits per heavy atom. The maximum absolute atomic E-state index is 12.5. The molecule has 0 aliphatic rings. The van der Waals surface area contributed by atoms with Crippen LogP contribution in [0.5, 0.6) is 0 Å². The van der Waals surface area contributed by atoms with Crippen LogP contribution in [0.3, 0.4) is 0 Å². The van der Waals surface area contributed by atoms with Crippen molar-refractivity contribution in [2.24, 2.45) is 0 Å². The lowest BCUT2D eigenvalue weighted by molar-refractivity contribution is -0.233. The molecule has 1 N–H and O–H groups in total. The molecule has 8 atom stereocenters. The standard InChI is InChI=1S/C37H43NO5.C36H43NO4/c1-3-34(38(29-39)43-28-33-23-15-8-16-24-33)36(41-26-31-19-11-6-12-20-31)37(42-27-32-21-13-7-14-22-32)35(4-2)40-25-30-17-9-5-10-18-30;1-3-33(37-41-28-32-23-15-8-16-24-32)35(39-26-30-19-11-6-12-20-30)36(40-27-31-21-13-7-14-22-31)34(4-2)38-25-29-17-9-5-10-18-29/h5-24,29,34-37H,3-4,25-28H2,1-2H3;5-24,33-37H,3-4,25-28H2,1-2H3/t34?,35-,36+,37-;33?,34-,35+,36-/m11/s1. The molecule has 8 aromatic rings. The number of carbonyl (C=O) groups excluding carboxylic acids is 1. The molecule has 0 aliphatic heterocycles. The van der Waals surface area contributed by atoms with Gasteiger partial charge < -0.3 is 28.4 Å². The summed E-state index contributed by atoms with van der Waals surface area (Å²) in [6, 6.07) is 80.4. The number of rotatable bonds is 37. The molecule has 8 rings (SSSR count). The normalized spacial score (nSPS) is 14.1. The van der Waals surface area contributed by atoms with Gasteiger partial charge in [-0.1, -0.05) is 270 Å². The molecule has 0 spiro atoms. The first-order valence-corrected chi connectivity index (χ1v) is 29.7. The van der Waals surface area contributed by atoms with Gasteiger partial charge >= 0.3 is 0 Å². The van der Waals surface area contributed by atoms with Gasteiger partial charge in [-0.2, -0.15) is 5.48 Å². The Labute approximate surface area is 499 Å². The summed E-state index contributed by atoms with van der Waals surface area (Å²) >= 11 is 0. The Morgan fingerprint density at radius 2 is 0.595 bits per heavy atom. The number of hydrogen-bond acceptors (Lipinski definition) is 10. The van der Waals surface area contributed by atoms with Gasteiger partial charge in [0.1, 0.15) is 31.0 Å². The van der Waals surface area contributed by atoms with Crippen molar-refractivity contribution in [2.75, 3.05) is 0 Å². The number of ether oxygens (including phenoxy) is 6. The summed E-state index contributed by atoms with van der Waals surface area (Å²) < 4.78 is 40.0. The van der Waals surface area contributed by atoms with E-state index in [0.717, 1.165) is 63.8 Å². The van der Waals surface area contributed by atoms with E-state index >= 15 is 0 Å². The van der Waals surface area contributed by atoms with Gasteiger partial charge in [0.25, 0.3) is 0 Å². The molecular formula is C73H86N2O9. The van der Waals surface area contributed by atoms with Crippen molar-refractivity contribution in [3.05, 3.63) is 287 Å². The first kappa shape index (κ1) is 64.4. The van der Waals surface area contributed by atoms with Crippen LogP contribution in [0.25, 0.3) is 0 Å². The maximum Gasteiger partial charge on any atom is 0.233 e. The monoisotopic (exact) mass is 1130 g/mol. The van der Waals surface area contributed by atoms with E-state index < -0.39 is 18.2 Å². The first-order valence-electron chi connectivity index (χ1n) is 29.7. The van der Waals surface area contributed by atoms with Gasteiger partial charge in [-0.25, -0.2) is 5.06 Å². The van der Waals surface area contributed by atoms with Crippen molar-refractivity contribution in [1.29, 1.82) is 0 Å². The minimum Gasteiger partial charge on any atom is -0.371 e. The summed E-state index contributed by atoms with van der Waals surface area (Å²) in [7, 11) is 0. The number of nitrogens with one attached hydrogen (secondary N) is 1. The molecule has 0 radical (unpaired) electrons. The average molecular weight is 1140 g/mol. The third-order valence-corrected chi connectivity index (χ3v) is 14.5. The molecule has 0 aromatic heterocycles. The van der Waals surface area contributed by atoms with Crippen LogP contribution in [0, 0.1) is 0 Å². The van der Waals surface area contributed by atoms with Crippen molar-refractivity contribution >= 4 is 6.41 Å². The highest BCUT2D eigenvalue weighted by Gasteiger charge is 2.40. The Hall–Kier alpha value is -7.13. The number of nitrogens with zero attached hydrogens (tertiary/aromatic N) is 1. The summed E-state index contributed by atoms with van der Waals surface area (Å²) in [5.74, 6) is 0. The second kappa shape index (κ2) is 37.9. The average Bonchev–Trinajstić information content (AvgIpc) is 3.68.